The van der Waals surface area contributed by atoms with Gasteiger partial charge in [0.2, 0.25) is 0 Å². The maximum absolute atomic E-state index is 12.7. The van der Waals surface area contributed by atoms with E-state index in [0.717, 1.165) is 29.7 Å². The van der Waals surface area contributed by atoms with Crippen molar-refractivity contribution in [2.75, 3.05) is 0 Å². The number of fused-ring (bicyclic) bond motifs is 1. The second kappa shape index (κ2) is 6.76. The van der Waals surface area contributed by atoms with Gasteiger partial charge in [-0.15, -0.1) is 0 Å². The second-order valence-electron chi connectivity index (χ2n) is 6.32. The number of aromatic nitrogens is 2. The Labute approximate surface area is 151 Å². The molecule has 128 valence electrons. The van der Waals surface area contributed by atoms with Crippen LogP contribution in [0.1, 0.15) is 24.1 Å². The van der Waals surface area contributed by atoms with E-state index in [2.05, 4.69) is 10.3 Å². The van der Waals surface area contributed by atoms with E-state index in [1.54, 1.807) is 0 Å². The number of rotatable bonds is 5. The Morgan fingerprint density at radius 1 is 1.24 bits per heavy atom. The van der Waals surface area contributed by atoms with Gasteiger partial charge in [0.05, 0.1) is 18.4 Å². The molecule has 1 aromatic carbocycles. The summed E-state index contributed by atoms with van der Waals surface area (Å²) in [6.45, 7) is 1.05. The monoisotopic (exact) mass is 354 g/mol. The van der Waals surface area contributed by atoms with E-state index >= 15 is 0 Å². The molecule has 1 saturated carbocycles. The van der Waals surface area contributed by atoms with Crippen LogP contribution >= 0.6 is 11.6 Å². The van der Waals surface area contributed by atoms with Crippen LogP contribution in [0.3, 0.4) is 0 Å². The van der Waals surface area contributed by atoms with Crippen LogP contribution < -0.4 is 5.32 Å². The number of halogens is 1. The molecule has 6 heteroatoms. The summed E-state index contributed by atoms with van der Waals surface area (Å²) in [5.74, 6) is 0. The summed E-state index contributed by atoms with van der Waals surface area (Å²) in [6.07, 6.45) is 5.95. The van der Waals surface area contributed by atoms with Crippen molar-refractivity contribution in [2.24, 2.45) is 0 Å². The summed E-state index contributed by atoms with van der Waals surface area (Å²) < 4.78 is 2.03. The van der Waals surface area contributed by atoms with E-state index in [9.17, 15) is 4.79 Å². The van der Waals surface area contributed by atoms with Crippen molar-refractivity contribution in [1.82, 2.24) is 19.6 Å². The van der Waals surface area contributed by atoms with Gasteiger partial charge in [0.25, 0.3) is 0 Å². The van der Waals surface area contributed by atoms with Gasteiger partial charge >= 0.3 is 6.03 Å². The normalized spacial score (nSPS) is 13.8. The number of nitrogens with one attached hydrogen (secondary N) is 1. The van der Waals surface area contributed by atoms with Crippen LogP contribution in [0.15, 0.2) is 54.9 Å². The van der Waals surface area contributed by atoms with Gasteiger partial charge in [0, 0.05) is 23.8 Å². The Hall–Kier alpha value is -2.53. The minimum Gasteiger partial charge on any atom is -0.334 e. The standard InChI is InChI=1S/C19H19ClN4O/c20-15-6-4-14(5-7-15)11-22-19(25)24(16-8-9-16)13-17-12-21-18-3-1-2-10-23(17)18/h1-7,10,12,16H,8-9,11,13H2,(H,22,25). The first-order valence-corrected chi connectivity index (χ1v) is 8.78. The van der Waals surface area contributed by atoms with Gasteiger partial charge in [0.15, 0.2) is 0 Å². The van der Waals surface area contributed by atoms with E-state index in [1.807, 2.05) is 64.2 Å². The number of carbonyl (C=O) groups is 1. The molecular weight excluding hydrogens is 336 g/mol. The fourth-order valence-electron chi connectivity index (χ4n) is 2.91. The molecule has 1 aliphatic rings. The molecule has 1 N–H and O–H groups in total. The van der Waals surface area contributed by atoms with Crippen molar-refractivity contribution < 1.29 is 4.79 Å². The largest absolute Gasteiger partial charge is 0.334 e. The second-order valence-corrected chi connectivity index (χ2v) is 6.76. The van der Waals surface area contributed by atoms with Crippen LogP contribution in [0.4, 0.5) is 4.79 Å². The quantitative estimate of drug-likeness (QED) is 0.756. The maximum atomic E-state index is 12.7. The first-order valence-electron chi connectivity index (χ1n) is 8.40. The van der Waals surface area contributed by atoms with Crippen LogP contribution in [0, 0.1) is 0 Å². The van der Waals surface area contributed by atoms with Gasteiger partial charge in [-0.2, -0.15) is 0 Å². The van der Waals surface area contributed by atoms with Crippen LogP contribution in [0.2, 0.25) is 5.02 Å². The van der Waals surface area contributed by atoms with Gasteiger partial charge in [-0.1, -0.05) is 29.8 Å². The number of imidazole rings is 1. The summed E-state index contributed by atoms with van der Waals surface area (Å²) in [7, 11) is 0. The molecule has 3 aromatic rings. The van der Waals surface area contributed by atoms with Crippen molar-refractivity contribution in [3.8, 4) is 0 Å². The Kier molecular flexibility index (Phi) is 4.32. The fraction of sp³-hybridized carbons (Fsp3) is 0.263. The lowest BCUT2D eigenvalue weighted by atomic mass is 10.2. The Balaban J connectivity index is 1.45. The first-order chi connectivity index (χ1) is 12.2. The van der Waals surface area contributed by atoms with E-state index in [4.69, 9.17) is 11.6 Å². The third-order valence-corrected chi connectivity index (χ3v) is 4.68. The van der Waals surface area contributed by atoms with Crippen molar-refractivity contribution in [3.63, 3.8) is 0 Å². The number of urea groups is 1. The predicted molar refractivity (Wildman–Crippen MR) is 97.4 cm³/mol. The molecule has 0 aliphatic heterocycles. The zero-order valence-electron chi connectivity index (χ0n) is 13.7. The zero-order valence-corrected chi connectivity index (χ0v) is 14.5. The molecule has 0 bridgehead atoms. The van der Waals surface area contributed by atoms with Gasteiger partial charge < -0.3 is 14.6 Å². The van der Waals surface area contributed by atoms with Crippen LogP contribution in [-0.4, -0.2) is 26.4 Å². The molecule has 5 nitrogen and oxygen atoms in total. The van der Waals surface area contributed by atoms with E-state index in [0.29, 0.717) is 24.2 Å². The summed E-state index contributed by atoms with van der Waals surface area (Å²) >= 11 is 5.90. The molecule has 1 fully saturated rings. The van der Waals surface area contributed by atoms with Crippen LogP contribution in [0.5, 0.6) is 0 Å². The molecule has 0 unspecified atom stereocenters. The lowest BCUT2D eigenvalue weighted by molar-refractivity contribution is 0.190. The van der Waals surface area contributed by atoms with Crippen molar-refractivity contribution in [1.29, 1.82) is 0 Å². The molecule has 0 saturated heterocycles. The number of hydrogen-bond acceptors (Lipinski definition) is 2. The number of benzene rings is 1. The third-order valence-electron chi connectivity index (χ3n) is 4.43. The molecule has 1 aliphatic carbocycles. The highest BCUT2D eigenvalue weighted by Crippen LogP contribution is 2.28. The number of amides is 2. The molecule has 2 aromatic heterocycles. The molecule has 25 heavy (non-hydrogen) atoms. The van der Waals surface area contributed by atoms with E-state index in [1.165, 1.54) is 0 Å². The minimum absolute atomic E-state index is 0.0386. The first kappa shape index (κ1) is 16.0. The van der Waals surface area contributed by atoms with Gasteiger partial charge in [-0.3, -0.25) is 0 Å². The Morgan fingerprint density at radius 2 is 2.04 bits per heavy atom. The lowest BCUT2D eigenvalue weighted by Crippen LogP contribution is -2.40. The molecule has 2 heterocycles. The fourth-order valence-corrected chi connectivity index (χ4v) is 3.04. The van der Waals surface area contributed by atoms with Crippen molar-refractivity contribution >= 4 is 23.3 Å². The van der Waals surface area contributed by atoms with Gasteiger partial charge in [-0.05, 0) is 42.7 Å². The highest BCUT2D eigenvalue weighted by Gasteiger charge is 2.33. The zero-order chi connectivity index (χ0) is 17.2. The maximum Gasteiger partial charge on any atom is 0.318 e. The Bertz CT molecular complexity index is 886. The van der Waals surface area contributed by atoms with Crippen LogP contribution in [-0.2, 0) is 13.1 Å². The summed E-state index contributed by atoms with van der Waals surface area (Å²) in [4.78, 5) is 19.0. The smallest absolute Gasteiger partial charge is 0.318 e. The average Bonchev–Trinajstić information content (AvgIpc) is 3.39. The van der Waals surface area contributed by atoms with Gasteiger partial charge in [-0.25, -0.2) is 9.78 Å². The van der Waals surface area contributed by atoms with Gasteiger partial charge in [0.1, 0.15) is 5.65 Å². The van der Waals surface area contributed by atoms with Crippen molar-refractivity contribution in [3.05, 3.63) is 71.1 Å². The van der Waals surface area contributed by atoms with Crippen molar-refractivity contribution in [2.45, 2.75) is 32.0 Å². The highest BCUT2D eigenvalue weighted by molar-refractivity contribution is 6.30. The third kappa shape index (κ3) is 3.61. The lowest BCUT2D eigenvalue weighted by Gasteiger charge is -2.22. The molecule has 2 amide bonds. The highest BCUT2D eigenvalue weighted by atomic mass is 35.5. The number of hydrogen-bond donors (Lipinski definition) is 1. The SMILES string of the molecule is O=C(NCc1ccc(Cl)cc1)N(Cc1cnc2ccccn12)C1CC1. The summed E-state index contributed by atoms with van der Waals surface area (Å²) in [5.41, 5.74) is 2.95. The van der Waals surface area contributed by atoms with Crippen LogP contribution in [0.25, 0.3) is 5.65 Å². The minimum atomic E-state index is -0.0386. The molecule has 0 atom stereocenters. The average molecular weight is 355 g/mol. The van der Waals surface area contributed by atoms with E-state index in [-0.39, 0.29) is 6.03 Å². The summed E-state index contributed by atoms with van der Waals surface area (Å²) in [6, 6.07) is 13.7. The molecular formula is C19H19ClN4O. The molecule has 0 spiro atoms. The number of nitrogens with zero attached hydrogens (tertiary/aromatic N) is 3. The number of carbonyl (C=O) groups excluding carboxylic acids is 1. The summed E-state index contributed by atoms with van der Waals surface area (Å²) in [5, 5.41) is 3.71. The molecule has 0 radical (unpaired) electrons. The molecule has 4 rings (SSSR count). The topological polar surface area (TPSA) is 49.6 Å². The number of pyridine rings is 1. The predicted octanol–water partition coefficient (Wildman–Crippen LogP) is 3.86. The Morgan fingerprint density at radius 3 is 2.80 bits per heavy atom. The van der Waals surface area contributed by atoms with E-state index < -0.39 is 0 Å².